The first-order valence-electron chi connectivity index (χ1n) is 10.3. The number of aromatic nitrogens is 1. The summed E-state index contributed by atoms with van der Waals surface area (Å²) in [6.45, 7) is 11.3. The molecule has 1 unspecified atom stereocenters. The molecule has 1 atom stereocenters. The van der Waals surface area contributed by atoms with E-state index < -0.39 is 0 Å². The van der Waals surface area contributed by atoms with Crippen LogP contribution in [0.3, 0.4) is 0 Å². The number of rotatable bonds is 8. The summed E-state index contributed by atoms with van der Waals surface area (Å²) in [5.41, 5.74) is 3.85. The SMILES string of the molecule is CCCCCC(C)SC(=Nc1cccnc1)SCc1ccc(C(C)(C)C)cc1. The Morgan fingerprint density at radius 3 is 2.46 bits per heavy atom. The van der Waals surface area contributed by atoms with E-state index in [1.807, 2.05) is 41.9 Å². The Morgan fingerprint density at radius 1 is 1.11 bits per heavy atom. The van der Waals surface area contributed by atoms with Crippen LogP contribution in [-0.2, 0) is 11.2 Å². The van der Waals surface area contributed by atoms with Gasteiger partial charge in [0.15, 0.2) is 0 Å². The van der Waals surface area contributed by atoms with Crippen molar-refractivity contribution < 1.29 is 0 Å². The minimum Gasteiger partial charge on any atom is -0.262 e. The van der Waals surface area contributed by atoms with Gasteiger partial charge in [0, 0.05) is 17.2 Å². The lowest BCUT2D eigenvalue weighted by Gasteiger charge is -2.19. The van der Waals surface area contributed by atoms with Gasteiger partial charge < -0.3 is 0 Å². The third kappa shape index (κ3) is 8.40. The Labute approximate surface area is 180 Å². The molecule has 28 heavy (non-hydrogen) atoms. The van der Waals surface area contributed by atoms with Crippen LogP contribution >= 0.6 is 23.5 Å². The molecule has 0 saturated carbocycles. The molecule has 0 amide bonds. The smallest absolute Gasteiger partial charge is 0.131 e. The highest BCUT2D eigenvalue weighted by atomic mass is 32.2. The summed E-state index contributed by atoms with van der Waals surface area (Å²) < 4.78 is 1.14. The normalized spacial score (nSPS) is 13.5. The van der Waals surface area contributed by atoms with Gasteiger partial charge in [-0.25, -0.2) is 4.99 Å². The van der Waals surface area contributed by atoms with E-state index in [9.17, 15) is 0 Å². The van der Waals surface area contributed by atoms with Crippen LogP contribution in [-0.4, -0.2) is 14.6 Å². The van der Waals surface area contributed by atoms with Crippen molar-refractivity contribution in [2.75, 3.05) is 0 Å². The average molecular weight is 415 g/mol. The lowest BCUT2D eigenvalue weighted by molar-refractivity contribution is 0.590. The molecule has 0 saturated heterocycles. The molecule has 4 heteroatoms. The highest BCUT2D eigenvalue weighted by Crippen LogP contribution is 2.30. The molecule has 1 heterocycles. The Bertz CT molecular complexity index is 719. The second kappa shape index (κ2) is 11.7. The summed E-state index contributed by atoms with van der Waals surface area (Å²) in [7, 11) is 0. The van der Waals surface area contributed by atoms with Crippen molar-refractivity contribution in [1.29, 1.82) is 0 Å². The Balaban J connectivity index is 2.03. The molecule has 2 aromatic rings. The van der Waals surface area contributed by atoms with Gasteiger partial charge in [-0.3, -0.25) is 4.98 Å². The van der Waals surface area contributed by atoms with Crippen molar-refractivity contribution in [2.45, 2.75) is 76.7 Å². The van der Waals surface area contributed by atoms with Crippen LogP contribution < -0.4 is 0 Å². The second-order valence-electron chi connectivity index (χ2n) is 8.25. The van der Waals surface area contributed by atoms with Crippen LogP contribution in [0.4, 0.5) is 5.69 Å². The van der Waals surface area contributed by atoms with E-state index in [2.05, 4.69) is 63.9 Å². The summed E-state index contributed by atoms with van der Waals surface area (Å²) in [6, 6.07) is 13.0. The van der Waals surface area contributed by atoms with Crippen molar-refractivity contribution in [3.8, 4) is 0 Å². The number of pyridine rings is 1. The number of aliphatic imine (C=N–C) groups is 1. The molecule has 0 bridgehead atoms. The Hall–Kier alpha value is -1.26. The zero-order valence-electron chi connectivity index (χ0n) is 17.9. The fourth-order valence-corrected chi connectivity index (χ4v) is 5.16. The predicted molar refractivity (Wildman–Crippen MR) is 129 cm³/mol. The summed E-state index contributed by atoms with van der Waals surface area (Å²) in [5, 5.41) is 0.581. The van der Waals surface area contributed by atoms with E-state index in [1.54, 1.807) is 6.20 Å². The average Bonchev–Trinajstić information content (AvgIpc) is 2.67. The van der Waals surface area contributed by atoms with Crippen LogP contribution in [0.2, 0.25) is 0 Å². The van der Waals surface area contributed by atoms with Gasteiger partial charge in [0.05, 0.1) is 11.9 Å². The van der Waals surface area contributed by atoms with E-state index in [1.165, 1.54) is 36.8 Å². The van der Waals surface area contributed by atoms with Gasteiger partial charge in [-0.05, 0) is 35.1 Å². The predicted octanol–water partition coefficient (Wildman–Crippen LogP) is 8.00. The van der Waals surface area contributed by atoms with E-state index in [4.69, 9.17) is 4.99 Å². The van der Waals surface area contributed by atoms with Crippen molar-refractivity contribution in [1.82, 2.24) is 4.98 Å². The minimum absolute atomic E-state index is 0.197. The molecule has 2 rings (SSSR count). The van der Waals surface area contributed by atoms with Gasteiger partial charge in [-0.15, -0.1) is 0 Å². The van der Waals surface area contributed by atoms with Crippen LogP contribution in [0, 0.1) is 0 Å². The molecule has 0 aliphatic rings. The molecule has 1 aromatic carbocycles. The lowest BCUT2D eigenvalue weighted by atomic mass is 9.87. The van der Waals surface area contributed by atoms with E-state index >= 15 is 0 Å². The van der Waals surface area contributed by atoms with Gasteiger partial charge in [0.2, 0.25) is 0 Å². The largest absolute Gasteiger partial charge is 0.262 e. The van der Waals surface area contributed by atoms with Crippen molar-refractivity contribution in [3.63, 3.8) is 0 Å². The molecule has 0 aliphatic heterocycles. The number of nitrogens with zero attached hydrogens (tertiary/aromatic N) is 2. The molecule has 0 N–H and O–H groups in total. The standard InChI is InChI=1S/C24H34N2S2/c1-6-7-8-10-19(2)28-23(26-22-11-9-16-25-17-22)27-18-20-12-14-21(15-13-20)24(3,4)5/h9,11-17,19H,6-8,10,18H2,1-5H3. The highest BCUT2D eigenvalue weighted by molar-refractivity contribution is 8.38. The summed E-state index contributed by atoms with van der Waals surface area (Å²) in [6.07, 6.45) is 8.75. The first-order valence-corrected chi connectivity index (χ1v) is 12.1. The number of thioether (sulfide) groups is 2. The minimum atomic E-state index is 0.197. The number of hydrogen-bond donors (Lipinski definition) is 0. The molecule has 152 valence electrons. The second-order valence-corrected chi connectivity index (χ2v) is 10.9. The van der Waals surface area contributed by atoms with Gasteiger partial charge in [-0.1, -0.05) is 102 Å². The van der Waals surface area contributed by atoms with Crippen molar-refractivity contribution in [3.05, 3.63) is 59.9 Å². The van der Waals surface area contributed by atoms with Crippen LogP contribution in [0.5, 0.6) is 0 Å². The molecule has 2 nitrogen and oxygen atoms in total. The molecule has 1 aromatic heterocycles. The quantitative estimate of drug-likeness (QED) is 0.248. The van der Waals surface area contributed by atoms with Gasteiger partial charge in [0.1, 0.15) is 4.38 Å². The summed E-state index contributed by atoms with van der Waals surface area (Å²) >= 11 is 3.74. The monoisotopic (exact) mass is 414 g/mol. The summed E-state index contributed by atoms with van der Waals surface area (Å²) in [5.74, 6) is 0.943. The fourth-order valence-electron chi connectivity index (χ4n) is 2.78. The van der Waals surface area contributed by atoms with Crippen LogP contribution in [0.1, 0.15) is 71.4 Å². The maximum Gasteiger partial charge on any atom is 0.131 e. The first kappa shape index (κ1) is 23.0. The molecule has 0 aliphatic carbocycles. The fraction of sp³-hybridized carbons (Fsp3) is 0.500. The van der Waals surface area contributed by atoms with Gasteiger partial charge >= 0.3 is 0 Å². The molecule has 0 spiro atoms. The maximum absolute atomic E-state index is 4.88. The lowest BCUT2D eigenvalue weighted by Crippen LogP contribution is -2.10. The number of benzene rings is 1. The van der Waals surface area contributed by atoms with Gasteiger partial charge in [0.25, 0.3) is 0 Å². The molecule has 0 fully saturated rings. The zero-order chi connectivity index (χ0) is 20.4. The van der Waals surface area contributed by atoms with Gasteiger partial charge in [-0.2, -0.15) is 0 Å². The van der Waals surface area contributed by atoms with Crippen LogP contribution in [0.15, 0.2) is 53.8 Å². The van der Waals surface area contributed by atoms with E-state index in [0.717, 1.165) is 15.8 Å². The third-order valence-electron chi connectivity index (χ3n) is 4.56. The molecule has 0 radical (unpaired) electrons. The number of unbranched alkanes of at least 4 members (excludes halogenated alkanes) is 2. The molecular formula is C24H34N2S2. The topological polar surface area (TPSA) is 25.2 Å². The summed E-state index contributed by atoms with van der Waals surface area (Å²) in [4.78, 5) is 9.08. The van der Waals surface area contributed by atoms with Crippen molar-refractivity contribution in [2.24, 2.45) is 4.99 Å². The Kier molecular flexibility index (Phi) is 9.60. The van der Waals surface area contributed by atoms with Crippen molar-refractivity contribution >= 4 is 33.6 Å². The third-order valence-corrected chi connectivity index (χ3v) is 6.95. The first-order chi connectivity index (χ1) is 13.4. The highest BCUT2D eigenvalue weighted by Gasteiger charge is 2.14. The van der Waals surface area contributed by atoms with Crippen LogP contribution in [0.25, 0.3) is 0 Å². The number of hydrogen-bond acceptors (Lipinski definition) is 4. The maximum atomic E-state index is 4.88. The van der Waals surface area contributed by atoms with E-state index in [0.29, 0.717) is 5.25 Å². The zero-order valence-corrected chi connectivity index (χ0v) is 19.6. The molecular weight excluding hydrogens is 380 g/mol. The van der Waals surface area contributed by atoms with E-state index in [-0.39, 0.29) is 5.41 Å². The Morgan fingerprint density at radius 2 is 1.86 bits per heavy atom.